The van der Waals surface area contributed by atoms with Crippen molar-refractivity contribution in [2.24, 2.45) is 0 Å². The molecule has 0 fully saturated rings. The highest BCUT2D eigenvalue weighted by molar-refractivity contribution is 6.00. The van der Waals surface area contributed by atoms with Gasteiger partial charge in [-0.25, -0.2) is 9.50 Å². The second-order valence-corrected chi connectivity index (χ2v) is 6.52. The van der Waals surface area contributed by atoms with Crippen molar-refractivity contribution in [2.45, 2.75) is 26.1 Å². The normalized spacial score (nSPS) is 11.7. The van der Waals surface area contributed by atoms with Crippen LogP contribution in [0.4, 0.5) is 13.2 Å². The van der Waals surface area contributed by atoms with E-state index in [1.54, 1.807) is 26.0 Å². The zero-order chi connectivity index (χ0) is 21.3. The Kier molecular flexibility index (Phi) is 5.36. The molecule has 154 valence electrons. The molecule has 0 spiro atoms. The quantitative estimate of drug-likeness (QED) is 0.698. The van der Waals surface area contributed by atoms with Gasteiger partial charge in [0.25, 0.3) is 5.91 Å². The minimum Gasteiger partial charge on any atom is -0.493 e. The summed E-state index contributed by atoms with van der Waals surface area (Å²) < 4.78 is 52.0. The summed E-state index contributed by atoms with van der Waals surface area (Å²) in [5.41, 5.74) is -0.901. The Morgan fingerprint density at radius 2 is 1.83 bits per heavy atom. The third-order valence-corrected chi connectivity index (χ3v) is 4.11. The van der Waals surface area contributed by atoms with Crippen LogP contribution in [0.1, 0.15) is 29.9 Å². The van der Waals surface area contributed by atoms with Crippen LogP contribution in [0.15, 0.2) is 30.5 Å². The zero-order valence-corrected chi connectivity index (χ0v) is 16.2. The maximum absolute atomic E-state index is 13.7. The molecule has 1 aromatic carbocycles. The lowest BCUT2D eigenvalue weighted by molar-refractivity contribution is -0.142. The summed E-state index contributed by atoms with van der Waals surface area (Å²) in [5, 5.41) is 6.38. The Morgan fingerprint density at radius 1 is 1.14 bits per heavy atom. The van der Waals surface area contributed by atoms with E-state index >= 15 is 0 Å². The van der Waals surface area contributed by atoms with Crippen LogP contribution in [0, 0.1) is 0 Å². The van der Waals surface area contributed by atoms with Crippen LogP contribution < -0.4 is 14.8 Å². The van der Waals surface area contributed by atoms with Crippen molar-refractivity contribution >= 4 is 11.6 Å². The maximum Gasteiger partial charge on any atom is 0.433 e. The molecule has 0 unspecified atom stereocenters. The molecule has 2 heterocycles. The fourth-order valence-electron chi connectivity index (χ4n) is 2.81. The van der Waals surface area contributed by atoms with Gasteiger partial charge in [-0.1, -0.05) is 0 Å². The smallest absolute Gasteiger partial charge is 0.433 e. The minimum absolute atomic E-state index is 0.0184. The second-order valence-electron chi connectivity index (χ2n) is 6.52. The topological polar surface area (TPSA) is 77.8 Å². The summed E-state index contributed by atoms with van der Waals surface area (Å²) in [6.07, 6.45) is -3.63. The number of benzene rings is 1. The molecule has 3 aromatic rings. The average Bonchev–Trinajstić information content (AvgIpc) is 3.09. The van der Waals surface area contributed by atoms with Crippen LogP contribution in [0.5, 0.6) is 11.5 Å². The zero-order valence-electron chi connectivity index (χ0n) is 16.2. The summed E-state index contributed by atoms with van der Waals surface area (Å²) in [6.45, 7) is 3.49. The molecule has 0 saturated heterocycles. The molecular formula is C19H19F3N4O3. The Balaban J connectivity index is 2.24. The van der Waals surface area contributed by atoms with Crippen molar-refractivity contribution in [1.29, 1.82) is 0 Å². The molecule has 2 aromatic heterocycles. The largest absolute Gasteiger partial charge is 0.493 e. The molecule has 7 nitrogen and oxygen atoms in total. The Bertz CT molecular complexity index is 1060. The number of nitrogens with one attached hydrogen (secondary N) is 1. The van der Waals surface area contributed by atoms with Gasteiger partial charge in [0.15, 0.2) is 22.8 Å². The summed E-state index contributed by atoms with van der Waals surface area (Å²) >= 11 is 0. The summed E-state index contributed by atoms with van der Waals surface area (Å²) in [5.74, 6) is 0.210. The first-order valence-corrected chi connectivity index (χ1v) is 8.65. The number of halogens is 3. The number of ether oxygens (including phenoxy) is 2. The van der Waals surface area contributed by atoms with Gasteiger partial charge in [-0.2, -0.15) is 18.3 Å². The third-order valence-electron chi connectivity index (χ3n) is 4.11. The predicted octanol–water partition coefficient (Wildman–Crippen LogP) is 3.57. The molecule has 0 aliphatic heterocycles. The van der Waals surface area contributed by atoms with Crippen molar-refractivity contribution in [2.75, 3.05) is 14.2 Å². The first-order valence-electron chi connectivity index (χ1n) is 8.65. The average molecular weight is 408 g/mol. The van der Waals surface area contributed by atoms with E-state index in [-0.39, 0.29) is 22.9 Å². The van der Waals surface area contributed by atoms with Gasteiger partial charge in [-0.3, -0.25) is 4.79 Å². The highest BCUT2D eigenvalue weighted by atomic mass is 19.4. The lowest BCUT2D eigenvalue weighted by Crippen LogP contribution is -2.30. The number of aromatic nitrogens is 3. The van der Waals surface area contributed by atoms with Gasteiger partial charge in [-0.15, -0.1) is 0 Å². The molecule has 0 aliphatic rings. The van der Waals surface area contributed by atoms with Crippen molar-refractivity contribution < 1.29 is 27.4 Å². The highest BCUT2D eigenvalue weighted by Crippen LogP contribution is 2.35. The second kappa shape index (κ2) is 7.61. The Labute approximate surface area is 164 Å². The lowest BCUT2D eigenvalue weighted by Gasteiger charge is -2.13. The fourth-order valence-corrected chi connectivity index (χ4v) is 2.81. The Hall–Kier alpha value is -3.30. The van der Waals surface area contributed by atoms with Gasteiger partial charge in [-0.05, 0) is 38.1 Å². The molecule has 1 N–H and O–H groups in total. The van der Waals surface area contributed by atoms with Crippen LogP contribution in [0.25, 0.3) is 16.9 Å². The molecule has 3 rings (SSSR count). The highest BCUT2D eigenvalue weighted by Gasteiger charge is 2.36. The number of amides is 1. The number of methoxy groups -OCH3 is 2. The molecule has 0 saturated carbocycles. The molecule has 0 bridgehead atoms. The number of nitrogens with zero attached hydrogens (tertiary/aromatic N) is 3. The van der Waals surface area contributed by atoms with Gasteiger partial charge in [0.05, 0.1) is 26.1 Å². The van der Waals surface area contributed by atoms with Crippen LogP contribution in [-0.2, 0) is 6.18 Å². The number of alkyl halides is 3. The van der Waals surface area contributed by atoms with E-state index in [0.29, 0.717) is 21.6 Å². The molecule has 0 atom stereocenters. The number of fused-ring (bicyclic) bond motifs is 1. The van der Waals surface area contributed by atoms with E-state index in [4.69, 9.17) is 9.47 Å². The van der Waals surface area contributed by atoms with E-state index in [1.165, 1.54) is 20.3 Å². The van der Waals surface area contributed by atoms with E-state index < -0.39 is 17.8 Å². The fraction of sp³-hybridized carbons (Fsp3) is 0.316. The van der Waals surface area contributed by atoms with Crippen LogP contribution in [0.3, 0.4) is 0 Å². The first-order chi connectivity index (χ1) is 13.7. The number of hydrogen-bond acceptors (Lipinski definition) is 5. The number of carbonyl (C=O) groups is 1. The molecule has 29 heavy (non-hydrogen) atoms. The maximum atomic E-state index is 13.7. The lowest BCUT2D eigenvalue weighted by atomic mass is 10.1. The standard InChI is InChI=1S/C19H19F3N4O3/c1-10(2)24-18(27)12-9-23-26-16(19(20,21)22)8-13(25-17(12)26)11-5-6-14(28-3)15(7-11)29-4/h5-10H,1-4H3,(H,24,27). The van der Waals surface area contributed by atoms with Gasteiger partial charge in [0.1, 0.15) is 5.56 Å². The van der Waals surface area contributed by atoms with Crippen molar-refractivity contribution in [3.8, 4) is 22.8 Å². The van der Waals surface area contributed by atoms with E-state index in [0.717, 1.165) is 12.3 Å². The van der Waals surface area contributed by atoms with Crippen molar-refractivity contribution in [3.63, 3.8) is 0 Å². The van der Waals surface area contributed by atoms with Gasteiger partial charge in [0, 0.05) is 11.6 Å². The van der Waals surface area contributed by atoms with Crippen LogP contribution in [0.2, 0.25) is 0 Å². The van der Waals surface area contributed by atoms with Gasteiger partial charge in [0.2, 0.25) is 0 Å². The third kappa shape index (κ3) is 3.96. The van der Waals surface area contributed by atoms with E-state index in [1.807, 2.05) is 0 Å². The molecule has 0 aliphatic carbocycles. The SMILES string of the molecule is COc1ccc(-c2cc(C(F)(F)F)n3ncc(C(=O)NC(C)C)c3n2)cc1OC. The molecular weight excluding hydrogens is 389 g/mol. The van der Waals surface area contributed by atoms with Gasteiger partial charge < -0.3 is 14.8 Å². The van der Waals surface area contributed by atoms with Gasteiger partial charge >= 0.3 is 6.18 Å². The van der Waals surface area contributed by atoms with Crippen LogP contribution >= 0.6 is 0 Å². The number of rotatable bonds is 5. The first kappa shape index (κ1) is 20.4. The summed E-state index contributed by atoms with van der Waals surface area (Å²) in [6, 6.07) is 5.32. The van der Waals surface area contributed by atoms with E-state index in [2.05, 4.69) is 15.4 Å². The number of carbonyl (C=O) groups excluding carboxylic acids is 1. The predicted molar refractivity (Wildman–Crippen MR) is 99.1 cm³/mol. The van der Waals surface area contributed by atoms with Crippen molar-refractivity contribution in [1.82, 2.24) is 19.9 Å². The monoisotopic (exact) mass is 408 g/mol. The minimum atomic E-state index is -4.70. The molecule has 10 heteroatoms. The summed E-state index contributed by atoms with van der Waals surface area (Å²) in [4.78, 5) is 16.7. The Morgan fingerprint density at radius 3 is 2.41 bits per heavy atom. The molecule has 0 radical (unpaired) electrons. The summed E-state index contributed by atoms with van der Waals surface area (Å²) in [7, 11) is 2.88. The van der Waals surface area contributed by atoms with Crippen LogP contribution in [-0.4, -0.2) is 40.8 Å². The molecule has 1 amide bonds. The van der Waals surface area contributed by atoms with E-state index in [9.17, 15) is 18.0 Å². The van der Waals surface area contributed by atoms with Crippen molar-refractivity contribution in [3.05, 3.63) is 41.7 Å². The number of hydrogen-bond donors (Lipinski definition) is 1.